The van der Waals surface area contributed by atoms with E-state index >= 15 is 0 Å². The second-order valence-electron chi connectivity index (χ2n) is 4.33. The number of benzene rings is 1. The first-order valence-corrected chi connectivity index (χ1v) is 6.08. The fourth-order valence-electron chi connectivity index (χ4n) is 1.57. The summed E-state index contributed by atoms with van der Waals surface area (Å²) in [4.78, 5) is 10.5. The van der Waals surface area contributed by atoms with E-state index in [-0.39, 0.29) is 19.1 Å². The van der Waals surface area contributed by atoms with Crippen molar-refractivity contribution in [3.05, 3.63) is 29.3 Å². The molecule has 1 atom stereocenters. The van der Waals surface area contributed by atoms with Crippen molar-refractivity contribution >= 4 is 5.91 Å². The molecule has 1 unspecified atom stereocenters. The summed E-state index contributed by atoms with van der Waals surface area (Å²) in [7, 11) is 0. The minimum absolute atomic E-state index is 0.0959. The SMILES string of the molecule is CCC(N)Cc1cc(F)c(OCCC(N)=O)c(F)c1. The second-order valence-corrected chi connectivity index (χ2v) is 4.33. The first kappa shape index (κ1) is 15.4. The van der Waals surface area contributed by atoms with Crippen molar-refractivity contribution in [2.75, 3.05) is 6.61 Å². The molecule has 4 N–H and O–H groups in total. The van der Waals surface area contributed by atoms with E-state index in [0.29, 0.717) is 12.0 Å². The van der Waals surface area contributed by atoms with Gasteiger partial charge in [-0.1, -0.05) is 6.92 Å². The minimum atomic E-state index is -0.803. The lowest BCUT2D eigenvalue weighted by molar-refractivity contribution is -0.118. The highest BCUT2D eigenvalue weighted by atomic mass is 19.1. The Morgan fingerprint density at radius 2 is 1.95 bits per heavy atom. The van der Waals surface area contributed by atoms with Gasteiger partial charge in [-0.15, -0.1) is 0 Å². The van der Waals surface area contributed by atoms with E-state index in [0.717, 1.165) is 6.42 Å². The van der Waals surface area contributed by atoms with Crippen molar-refractivity contribution in [3.8, 4) is 5.75 Å². The molecule has 19 heavy (non-hydrogen) atoms. The number of halogens is 2. The molecule has 0 spiro atoms. The maximum Gasteiger partial charge on any atom is 0.220 e. The number of rotatable bonds is 7. The van der Waals surface area contributed by atoms with Gasteiger partial charge in [0.2, 0.25) is 5.91 Å². The number of carbonyl (C=O) groups is 1. The number of primary amides is 1. The lowest BCUT2D eigenvalue weighted by Crippen LogP contribution is -2.21. The minimum Gasteiger partial charge on any atom is -0.487 e. The topological polar surface area (TPSA) is 78.3 Å². The Morgan fingerprint density at radius 1 is 1.37 bits per heavy atom. The van der Waals surface area contributed by atoms with Crippen LogP contribution in [-0.2, 0) is 11.2 Å². The van der Waals surface area contributed by atoms with E-state index in [9.17, 15) is 13.6 Å². The number of ether oxygens (including phenoxy) is 1. The summed E-state index contributed by atoms with van der Waals surface area (Å²) < 4.78 is 32.2. The van der Waals surface area contributed by atoms with Crippen LogP contribution in [0.3, 0.4) is 0 Å². The maximum absolute atomic E-state index is 13.7. The van der Waals surface area contributed by atoms with Crippen LogP contribution in [0, 0.1) is 11.6 Å². The van der Waals surface area contributed by atoms with Crippen LogP contribution in [0.15, 0.2) is 12.1 Å². The summed E-state index contributed by atoms with van der Waals surface area (Å²) in [5.41, 5.74) is 11.1. The smallest absolute Gasteiger partial charge is 0.220 e. The van der Waals surface area contributed by atoms with Gasteiger partial charge in [0.1, 0.15) is 0 Å². The van der Waals surface area contributed by atoms with E-state index in [1.807, 2.05) is 6.92 Å². The number of amides is 1. The molecule has 106 valence electrons. The summed E-state index contributed by atoms with van der Waals surface area (Å²) in [6, 6.07) is 2.25. The fourth-order valence-corrected chi connectivity index (χ4v) is 1.57. The predicted octanol–water partition coefficient (Wildman–Crippen LogP) is 1.50. The summed E-state index contributed by atoms with van der Waals surface area (Å²) in [6.07, 6.45) is 1.02. The van der Waals surface area contributed by atoms with E-state index < -0.39 is 23.3 Å². The molecular formula is C13H18F2N2O2. The van der Waals surface area contributed by atoms with Gasteiger partial charge in [-0.2, -0.15) is 0 Å². The highest BCUT2D eigenvalue weighted by molar-refractivity contribution is 5.73. The predicted molar refractivity (Wildman–Crippen MR) is 67.6 cm³/mol. The monoisotopic (exact) mass is 272 g/mol. The normalized spacial score (nSPS) is 12.2. The Kier molecular flexibility index (Phi) is 5.69. The molecule has 1 rings (SSSR count). The zero-order chi connectivity index (χ0) is 14.4. The maximum atomic E-state index is 13.7. The molecule has 1 aromatic carbocycles. The summed E-state index contributed by atoms with van der Waals surface area (Å²) in [5.74, 6) is -2.69. The van der Waals surface area contributed by atoms with Crippen molar-refractivity contribution in [2.45, 2.75) is 32.2 Å². The van der Waals surface area contributed by atoms with Gasteiger partial charge in [-0.25, -0.2) is 8.78 Å². The summed E-state index contributed by atoms with van der Waals surface area (Å²) >= 11 is 0. The summed E-state index contributed by atoms with van der Waals surface area (Å²) in [6.45, 7) is 1.75. The Hall–Kier alpha value is -1.69. The van der Waals surface area contributed by atoms with Crippen molar-refractivity contribution in [2.24, 2.45) is 11.5 Å². The first-order chi connectivity index (χ1) is 8.93. The molecule has 0 bridgehead atoms. The molecule has 6 heteroatoms. The third kappa shape index (κ3) is 4.82. The highest BCUT2D eigenvalue weighted by Crippen LogP contribution is 2.24. The summed E-state index contributed by atoms with van der Waals surface area (Å²) in [5, 5.41) is 0. The molecule has 0 fully saturated rings. The third-order valence-corrected chi connectivity index (χ3v) is 2.68. The van der Waals surface area contributed by atoms with E-state index in [1.54, 1.807) is 0 Å². The molecule has 0 heterocycles. The third-order valence-electron chi connectivity index (χ3n) is 2.68. The van der Waals surface area contributed by atoms with Crippen LogP contribution in [0.1, 0.15) is 25.3 Å². The van der Waals surface area contributed by atoms with Crippen LogP contribution in [-0.4, -0.2) is 18.6 Å². The Balaban J connectivity index is 2.76. The van der Waals surface area contributed by atoms with Crippen molar-refractivity contribution in [1.82, 2.24) is 0 Å². The zero-order valence-corrected chi connectivity index (χ0v) is 10.8. The van der Waals surface area contributed by atoms with Gasteiger partial charge >= 0.3 is 0 Å². The first-order valence-electron chi connectivity index (χ1n) is 6.08. The van der Waals surface area contributed by atoms with Crippen LogP contribution in [0.2, 0.25) is 0 Å². The quantitative estimate of drug-likeness (QED) is 0.789. The molecule has 1 amide bonds. The van der Waals surface area contributed by atoms with E-state index in [1.165, 1.54) is 12.1 Å². The number of carbonyl (C=O) groups excluding carboxylic acids is 1. The molecule has 4 nitrogen and oxygen atoms in total. The molecule has 0 aliphatic rings. The van der Waals surface area contributed by atoms with Crippen LogP contribution in [0.5, 0.6) is 5.75 Å². The standard InChI is InChI=1S/C13H18F2N2O2/c1-2-9(16)5-8-6-10(14)13(11(15)7-8)19-4-3-12(17)18/h6-7,9H,2-5,16H2,1H3,(H2,17,18). The second kappa shape index (κ2) is 7.04. The van der Waals surface area contributed by atoms with E-state index in [2.05, 4.69) is 0 Å². The molecule has 0 saturated carbocycles. The lowest BCUT2D eigenvalue weighted by atomic mass is 10.0. The Labute approximate surface area is 110 Å². The average Bonchev–Trinajstić information content (AvgIpc) is 2.32. The van der Waals surface area contributed by atoms with Crippen molar-refractivity contribution in [3.63, 3.8) is 0 Å². The highest BCUT2D eigenvalue weighted by Gasteiger charge is 2.14. The number of nitrogens with two attached hydrogens (primary N) is 2. The Morgan fingerprint density at radius 3 is 2.42 bits per heavy atom. The van der Waals surface area contributed by atoms with Gasteiger partial charge in [0.15, 0.2) is 17.4 Å². The van der Waals surface area contributed by atoms with Gasteiger partial charge in [0, 0.05) is 6.04 Å². The molecule has 1 aromatic rings. The zero-order valence-electron chi connectivity index (χ0n) is 10.8. The average molecular weight is 272 g/mol. The fraction of sp³-hybridized carbons (Fsp3) is 0.462. The van der Waals surface area contributed by atoms with Gasteiger partial charge in [0.05, 0.1) is 13.0 Å². The largest absolute Gasteiger partial charge is 0.487 e. The van der Waals surface area contributed by atoms with Crippen LogP contribution in [0.25, 0.3) is 0 Å². The number of hydrogen-bond donors (Lipinski definition) is 2. The molecule has 0 aromatic heterocycles. The molecular weight excluding hydrogens is 254 g/mol. The molecule has 0 saturated heterocycles. The van der Waals surface area contributed by atoms with Crippen molar-refractivity contribution in [1.29, 1.82) is 0 Å². The van der Waals surface area contributed by atoms with Crippen LogP contribution >= 0.6 is 0 Å². The van der Waals surface area contributed by atoms with Crippen LogP contribution < -0.4 is 16.2 Å². The molecule has 0 aliphatic heterocycles. The number of hydrogen-bond acceptors (Lipinski definition) is 3. The lowest BCUT2D eigenvalue weighted by Gasteiger charge is -2.12. The van der Waals surface area contributed by atoms with Crippen molar-refractivity contribution < 1.29 is 18.3 Å². The van der Waals surface area contributed by atoms with Gasteiger partial charge < -0.3 is 16.2 Å². The van der Waals surface area contributed by atoms with Gasteiger partial charge in [-0.3, -0.25) is 4.79 Å². The molecule has 0 aliphatic carbocycles. The molecule has 0 radical (unpaired) electrons. The van der Waals surface area contributed by atoms with E-state index in [4.69, 9.17) is 16.2 Å². The van der Waals surface area contributed by atoms with Gasteiger partial charge in [-0.05, 0) is 30.5 Å². The Bertz CT molecular complexity index is 429. The van der Waals surface area contributed by atoms with Gasteiger partial charge in [0.25, 0.3) is 0 Å². The van der Waals surface area contributed by atoms with Crippen LogP contribution in [0.4, 0.5) is 8.78 Å².